The number of nitrogens with two attached hydrogens (primary N) is 1. The molecule has 1 saturated carbocycles. The van der Waals surface area contributed by atoms with Crippen LogP contribution in [-0.4, -0.2) is 54.2 Å². The van der Waals surface area contributed by atoms with Crippen molar-refractivity contribution in [2.75, 3.05) is 32.6 Å². The Kier molecular flexibility index (Phi) is 4.13. The van der Waals surface area contributed by atoms with E-state index in [1.165, 1.54) is 19.3 Å². The molecule has 6 nitrogen and oxygen atoms in total. The fourth-order valence-electron chi connectivity index (χ4n) is 2.80. The third-order valence-corrected chi connectivity index (χ3v) is 4.30. The van der Waals surface area contributed by atoms with Gasteiger partial charge in [0.25, 0.3) is 0 Å². The highest BCUT2D eigenvalue weighted by Crippen LogP contribution is 2.37. The zero-order valence-electron chi connectivity index (χ0n) is 12.4. The van der Waals surface area contributed by atoms with Gasteiger partial charge in [-0.1, -0.05) is 5.16 Å². The number of nitrogens with zero attached hydrogens (tertiary/aromatic N) is 4. The van der Waals surface area contributed by atoms with Crippen LogP contribution in [0.25, 0.3) is 0 Å². The zero-order chi connectivity index (χ0) is 14.8. The van der Waals surface area contributed by atoms with Gasteiger partial charge in [-0.15, -0.1) is 0 Å². The molecule has 6 heteroatoms. The highest BCUT2D eigenvalue weighted by Gasteiger charge is 2.40. The van der Waals surface area contributed by atoms with E-state index in [1.807, 2.05) is 13.1 Å². The lowest BCUT2D eigenvalue weighted by atomic mass is 9.75. The maximum absolute atomic E-state index is 8.88. The van der Waals surface area contributed by atoms with Crippen LogP contribution in [0.15, 0.2) is 23.5 Å². The quantitative estimate of drug-likeness (QED) is 0.365. The lowest BCUT2D eigenvalue weighted by molar-refractivity contribution is 0.0682. The molecule has 3 N–H and O–H groups in total. The number of hydrogen-bond donors (Lipinski definition) is 2. The highest BCUT2D eigenvalue weighted by molar-refractivity contribution is 6.01. The molecule has 0 radical (unpaired) electrons. The van der Waals surface area contributed by atoms with Crippen LogP contribution < -0.4 is 10.6 Å². The zero-order valence-corrected chi connectivity index (χ0v) is 12.4. The average molecular weight is 277 g/mol. The summed E-state index contributed by atoms with van der Waals surface area (Å²) in [5.41, 5.74) is 6.59. The van der Waals surface area contributed by atoms with Crippen LogP contribution in [0.1, 0.15) is 24.8 Å². The summed E-state index contributed by atoms with van der Waals surface area (Å²) in [6.07, 6.45) is 5.37. The molecule has 110 valence electrons. The monoisotopic (exact) mass is 277 g/mol. The Morgan fingerprint density at radius 3 is 2.65 bits per heavy atom. The second kappa shape index (κ2) is 5.66. The molecule has 0 spiro atoms. The Morgan fingerprint density at radius 1 is 1.45 bits per heavy atom. The van der Waals surface area contributed by atoms with Crippen LogP contribution in [0.5, 0.6) is 0 Å². The number of rotatable bonds is 5. The molecule has 0 atom stereocenters. The van der Waals surface area contributed by atoms with Gasteiger partial charge in [-0.25, -0.2) is 4.98 Å². The highest BCUT2D eigenvalue weighted by atomic mass is 16.4. The van der Waals surface area contributed by atoms with E-state index < -0.39 is 0 Å². The first kappa shape index (κ1) is 14.6. The minimum atomic E-state index is 0.0902. The van der Waals surface area contributed by atoms with Crippen LogP contribution >= 0.6 is 0 Å². The summed E-state index contributed by atoms with van der Waals surface area (Å²) >= 11 is 0. The Morgan fingerprint density at radius 2 is 2.15 bits per heavy atom. The minimum absolute atomic E-state index is 0.0902. The van der Waals surface area contributed by atoms with E-state index in [1.54, 1.807) is 12.3 Å². The number of hydrogen-bond acceptors (Lipinski definition) is 5. The third-order valence-electron chi connectivity index (χ3n) is 4.30. The van der Waals surface area contributed by atoms with Gasteiger partial charge in [-0.05, 0) is 45.5 Å². The van der Waals surface area contributed by atoms with Crippen LogP contribution in [0.4, 0.5) is 5.82 Å². The minimum Gasteiger partial charge on any atom is -0.409 e. The third kappa shape index (κ3) is 2.56. The number of aromatic nitrogens is 1. The van der Waals surface area contributed by atoms with Crippen LogP contribution in [-0.2, 0) is 0 Å². The first-order valence-corrected chi connectivity index (χ1v) is 6.82. The molecule has 0 aliphatic heterocycles. The second-order valence-electron chi connectivity index (χ2n) is 5.69. The summed E-state index contributed by atoms with van der Waals surface area (Å²) < 4.78 is 0. The molecule has 1 aromatic heterocycles. The molecule has 20 heavy (non-hydrogen) atoms. The van der Waals surface area contributed by atoms with E-state index in [0.717, 1.165) is 12.4 Å². The van der Waals surface area contributed by atoms with E-state index in [0.29, 0.717) is 5.56 Å². The Bertz CT molecular complexity index is 496. The van der Waals surface area contributed by atoms with Crippen LogP contribution in [0, 0.1) is 0 Å². The molecule has 0 amide bonds. The molecule has 2 rings (SSSR count). The average Bonchev–Trinajstić information content (AvgIpc) is 2.41. The molecule has 0 bridgehead atoms. The molecular formula is C14H23N5O. The molecule has 1 aliphatic rings. The van der Waals surface area contributed by atoms with Gasteiger partial charge in [0.05, 0.1) is 5.56 Å². The Labute approximate surface area is 119 Å². The van der Waals surface area contributed by atoms with Crippen molar-refractivity contribution in [1.82, 2.24) is 9.88 Å². The van der Waals surface area contributed by atoms with Crippen molar-refractivity contribution in [3.05, 3.63) is 23.9 Å². The second-order valence-corrected chi connectivity index (χ2v) is 5.69. The largest absolute Gasteiger partial charge is 0.409 e. The molecule has 1 heterocycles. The molecule has 0 saturated heterocycles. The summed E-state index contributed by atoms with van der Waals surface area (Å²) in [4.78, 5) is 8.77. The van der Waals surface area contributed by atoms with Gasteiger partial charge in [0.2, 0.25) is 0 Å². The molecule has 1 aliphatic carbocycles. The summed E-state index contributed by atoms with van der Waals surface area (Å²) in [5.74, 6) is 0.836. The standard InChI is InChI=1S/C14H23N5O/c1-18(2)14(7-5-8-14)10-19(3)13-11(12(15)17-20)6-4-9-16-13/h4,6,9,20H,5,7-8,10H2,1-3H3,(H2,15,17). The predicted octanol–water partition coefficient (Wildman–Crippen LogP) is 1.10. The SMILES string of the molecule is CN(CC1(N(C)C)CCC1)c1ncccc1/C(N)=N/O. The maximum atomic E-state index is 8.88. The summed E-state index contributed by atoms with van der Waals surface area (Å²) in [6.45, 7) is 0.878. The maximum Gasteiger partial charge on any atom is 0.173 e. The van der Waals surface area contributed by atoms with Crippen molar-refractivity contribution in [1.29, 1.82) is 0 Å². The predicted molar refractivity (Wildman–Crippen MR) is 80.3 cm³/mol. The van der Waals surface area contributed by atoms with Gasteiger partial charge >= 0.3 is 0 Å². The van der Waals surface area contributed by atoms with Gasteiger partial charge in [-0.3, -0.25) is 0 Å². The number of pyridine rings is 1. The van der Waals surface area contributed by atoms with Crippen molar-refractivity contribution >= 4 is 11.7 Å². The van der Waals surface area contributed by atoms with Crippen molar-refractivity contribution in [3.63, 3.8) is 0 Å². The molecule has 1 aromatic rings. The van der Waals surface area contributed by atoms with E-state index in [9.17, 15) is 0 Å². The van der Waals surface area contributed by atoms with Gasteiger partial charge in [-0.2, -0.15) is 0 Å². The van der Waals surface area contributed by atoms with Gasteiger partial charge in [0.1, 0.15) is 5.82 Å². The fraction of sp³-hybridized carbons (Fsp3) is 0.571. The van der Waals surface area contributed by atoms with E-state index >= 15 is 0 Å². The van der Waals surface area contributed by atoms with Gasteiger partial charge in [0.15, 0.2) is 5.84 Å². The van der Waals surface area contributed by atoms with Crippen molar-refractivity contribution in [3.8, 4) is 0 Å². The van der Waals surface area contributed by atoms with E-state index in [4.69, 9.17) is 10.9 Å². The topological polar surface area (TPSA) is 78.0 Å². The summed E-state index contributed by atoms with van der Waals surface area (Å²) in [7, 11) is 6.24. The number of anilines is 1. The summed E-state index contributed by atoms with van der Waals surface area (Å²) in [6, 6.07) is 3.60. The van der Waals surface area contributed by atoms with Gasteiger partial charge in [0, 0.05) is 25.3 Å². The van der Waals surface area contributed by atoms with Crippen molar-refractivity contribution in [2.24, 2.45) is 10.9 Å². The van der Waals surface area contributed by atoms with Crippen LogP contribution in [0.3, 0.4) is 0 Å². The van der Waals surface area contributed by atoms with E-state index in [2.05, 4.69) is 34.0 Å². The molecular weight excluding hydrogens is 254 g/mol. The number of oxime groups is 1. The Balaban J connectivity index is 2.23. The van der Waals surface area contributed by atoms with Crippen LogP contribution in [0.2, 0.25) is 0 Å². The Hall–Kier alpha value is -1.82. The fourth-order valence-corrected chi connectivity index (χ4v) is 2.80. The summed E-state index contributed by atoms with van der Waals surface area (Å²) in [5, 5.41) is 12.0. The van der Waals surface area contributed by atoms with Crippen molar-refractivity contribution < 1.29 is 5.21 Å². The molecule has 0 aromatic carbocycles. The first-order chi connectivity index (χ1) is 9.50. The van der Waals surface area contributed by atoms with E-state index in [-0.39, 0.29) is 11.4 Å². The smallest absolute Gasteiger partial charge is 0.173 e. The van der Waals surface area contributed by atoms with Crippen molar-refractivity contribution in [2.45, 2.75) is 24.8 Å². The number of likely N-dealkylation sites (N-methyl/N-ethyl adjacent to an activating group) is 2. The normalized spacial score (nSPS) is 17.9. The lowest BCUT2D eigenvalue weighted by Gasteiger charge is -2.49. The lowest BCUT2D eigenvalue weighted by Crippen LogP contribution is -2.57. The number of amidine groups is 1. The molecule has 1 fully saturated rings. The first-order valence-electron chi connectivity index (χ1n) is 6.82. The van der Waals surface area contributed by atoms with Gasteiger partial charge < -0.3 is 20.7 Å². The molecule has 0 unspecified atom stereocenters.